The van der Waals surface area contributed by atoms with Crippen LogP contribution in [0.5, 0.6) is 5.75 Å². The molecule has 0 bridgehead atoms. The van der Waals surface area contributed by atoms with Crippen molar-refractivity contribution in [1.29, 1.82) is 0 Å². The lowest BCUT2D eigenvalue weighted by atomic mass is 9.99. The Morgan fingerprint density at radius 3 is 2.69 bits per heavy atom. The van der Waals surface area contributed by atoms with Crippen molar-refractivity contribution in [1.82, 2.24) is 15.1 Å². The Morgan fingerprint density at radius 1 is 1.15 bits per heavy atom. The van der Waals surface area contributed by atoms with Gasteiger partial charge in [-0.2, -0.15) is 0 Å². The maximum atomic E-state index is 12.3. The van der Waals surface area contributed by atoms with E-state index in [-0.39, 0.29) is 11.9 Å². The molecule has 0 unspecified atom stereocenters. The SMILES string of the molecule is CC(C)[C@H]1C(=O)NCCN1Cc1ccccc1OCCN1CCCCC1. The fourth-order valence-corrected chi connectivity index (χ4v) is 4.10. The fraction of sp³-hybridized carbons (Fsp3) is 0.667. The second kappa shape index (κ2) is 9.38. The van der Waals surface area contributed by atoms with Crippen molar-refractivity contribution in [3.8, 4) is 5.75 Å². The van der Waals surface area contributed by atoms with Crippen molar-refractivity contribution in [2.45, 2.75) is 45.7 Å². The van der Waals surface area contributed by atoms with Gasteiger partial charge in [-0.05, 0) is 37.9 Å². The van der Waals surface area contributed by atoms with E-state index in [0.29, 0.717) is 5.92 Å². The molecular formula is C21H33N3O2. The number of rotatable bonds is 7. The Kier molecular flexibility index (Phi) is 6.92. The first-order chi connectivity index (χ1) is 12.6. The number of likely N-dealkylation sites (tertiary alicyclic amines) is 1. The third-order valence-corrected chi connectivity index (χ3v) is 5.45. The number of piperidine rings is 1. The molecule has 1 aromatic carbocycles. The first-order valence-corrected chi connectivity index (χ1v) is 10.1. The molecule has 2 aliphatic rings. The zero-order valence-electron chi connectivity index (χ0n) is 16.2. The van der Waals surface area contributed by atoms with Crippen LogP contribution in [-0.4, -0.2) is 61.1 Å². The molecule has 26 heavy (non-hydrogen) atoms. The highest BCUT2D eigenvalue weighted by atomic mass is 16.5. The Morgan fingerprint density at radius 2 is 1.92 bits per heavy atom. The van der Waals surface area contributed by atoms with E-state index in [1.165, 1.54) is 37.9 Å². The minimum Gasteiger partial charge on any atom is -0.492 e. The predicted octanol–water partition coefficient (Wildman–Crippen LogP) is 2.51. The van der Waals surface area contributed by atoms with Crippen molar-refractivity contribution >= 4 is 5.91 Å². The van der Waals surface area contributed by atoms with E-state index in [9.17, 15) is 4.79 Å². The largest absolute Gasteiger partial charge is 0.492 e. The van der Waals surface area contributed by atoms with Crippen LogP contribution in [0.15, 0.2) is 24.3 Å². The van der Waals surface area contributed by atoms with Crippen LogP contribution in [0.1, 0.15) is 38.7 Å². The number of carbonyl (C=O) groups excluding carboxylic acids is 1. The van der Waals surface area contributed by atoms with Gasteiger partial charge >= 0.3 is 0 Å². The minimum atomic E-state index is -0.0647. The topological polar surface area (TPSA) is 44.8 Å². The summed E-state index contributed by atoms with van der Waals surface area (Å²) in [6.45, 7) is 10.7. The third-order valence-electron chi connectivity index (χ3n) is 5.45. The monoisotopic (exact) mass is 359 g/mol. The summed E-state index contributed by atoms with van der Waals surface area (Å²) in [7, 11) is 0. The van der Waals surface area contributed by atoms with Crippen LogP contribution >= 0.6 is 0 Å². The molecule has 0 radical (unpaired) electrons. The van der Waals surface area contributed by atoms with Crippen LogP contribution in [-0.2, 0) is 11.3 Å². The van der Waals surface area contributed by atoms with Gasteiger partial charge in [-0.15, -0.1) is 0 Å². The summed E-state index contributed by atoms with van der Waals surface area (Å²) in [5.74, 6) is 1.40. The van der Waals surface area contributed by atoms with Crippen molar-refractivity contribution in [2.24, 2.45) is 5.92 Å². The van der Waals surface area contributed by atoms with E-state index in [4.69, 9.17) is 4.74 Å². The number of hydrogen-bond acceptors (Lipinski definition) is 4. The maximum absolute atomic E-state index is 12.3. The van der Waals surface area contributed by atoms with Gasteiger partial charge in [-0.25, -0.2) is 0 Å². The van der Waals surface area contributed by atoms with Gasteiger partial charge in [0.25, 0.3) is 0 Å². The summed E-state index contributed by atoms with van der Waals surface area (Å²) in [5, 5.41) is 3.00. The Bertz CT molecular complexity index is 584. The number of benzene rings is 1. The number of carbonyl (C=O) groups is 1. The van der Waals surface area contributed by atoms with Gasteiger partial charge in [0, 0.05) is 31.7 Å². The molecule has 1 amide bonds. The normalized spacial score (nSPS) is 22.4. The van der Waals surface area contributed by atoms with Gasteiger partial charge in [-0.1, -0.05) is 38.5 Å². The van der Waals surface area contributed by atoms with Crippen LogP contribution in [0.2, 0.25) is 0 Å². The molecular weight excluding hydrogens is 326 g/mol. The molecule has 5 nitrogen and oxygen atoms in total. The average molecular weight is 360 g/mol. The number of piperazine rings is 1. The van der Waals surface area contributed by atoms with Gasteiger partial charge < -0.3 is 10.1 Å². The van der Waals surface area contributed by atoms with Gasteiger partial charge in [0.15, 0.2) is 0 Å². The summed E-state index contributed by atoms with van der Waals surface area (Å²) < 4.78 is 6.14. The lowest BCUT2D eigenvalue weighted by Crippen LogP contribution is -2.56. The maximum Gasteiger partial charge on any atom is 0.237 e. The van der Waals surface area contributed by atoms with Crippen LogP contribution in [0.25, 0.3) is 0 Å². The molecule has 1 atom stereocenters. The van der Waals surface area contributed by atoms with E-state index >= 15 is 0 Å². The first-order valence-electron chi connectivity index (χ1n) is 10.1. The van der Waals surface area contributed by atoms with Crippen LogP contribution in [0.4, 0.5) is 0 Å². The molecule has 1 N–H and O–H groups in total. The summed E-state index contributed by atoms with van der Waals surface area (Å²) in [5.41, 5.74) is 1.17. The first kappa shape index (κ1) is 19.2. The van der Waals surface area contributed by atoms with Crippen LogP contribution in [0.3, 0.4) is 0 Å². The molecule has 2 heterocycles. The predicted molar refractivity (Wildman–Crippen MR) is 104 cm³/mol. The second-order valence-electron chi connectivity index (χ2n) is 7.81. The molecule has 0 aliphatic carbocycles. The summed E-state index contributed by atoms with van der Waals surface area (Å²) in [4.78, 5) is 17.1. The molecule has 1 aromatic rings. The van der Waals surface area contributed by atoms with Crippen LogP contribution < -0.4 is 10.1 Å². The quantitative estimate of drug-likeness (QED) is 0.812. The number of amides is 1. The number of ether oxygens (including phenoxy) is 1. The van der Waals surface area contributed by atoms with E-state index in [2.05, 4.69) is 47.2 Å². The highest BCUT2D eigenvalue weighted by Crippen LogP contribution is 2.23. The lowest BCUT2D eigenvalue weighted by molar-refractivity contribution is -0.131. The highest BCUT2D eigenvalue weighted by Gasteiger charge is 2.32. The number of nitrogens with one attached hydrogen (secondary N) is 1. The van der Waals surface area contributed by atoms with Crippen LogP contribution in [0, 0.1) is 5.92 Å². The number of nitrogens with zero attached hydrogens (tertiary/aromatic N) is 2. The van der Waals surface area contributed by atoms with E-state index in [1.807, 2.05) is 6.07 Å². The molecule has 3 rings (SSSR count). The van der Waals surface area contributed by atoms with Gasteiger partial charge in [-0.3, -0.25) is 14.6 Å². The van der Waals surface area contributed by atoms with Gasteiger partial charge in [0.2, 0.25) is 5.91 Å². The zero-order chi connectivity index (χ0) is 18.4. The number of hydrogen-bond donors (Lipinski definition) is 1. The molecule has 5 heteroatoms. The highest BCUT2D eigenvalue weighted by molar-refractivity contribution is 5.82. The van der Waals surface area contributed by atoms with Crippen molar-refractivity contribution in [3.05, 3.63) is 29.8 Å². The minimum absolute atomic E-state index is 0.0647. The fourth-order valence-electron chi connectivity index (χ4n) is 4.10. The van der Waals surface area contributed by atoms with E-state index < -0.39 is 0 Å². The third kappa shape index (κ3) is 4.98. The molecule has 2 saturated heterocycles. The van der Waals surface area contributed by atoms with E-state index in [0.717, 1.165) is 38.5 Å². The summed E-state index contributed by atoms with van der Waals surface area (Å²) in [6.07, 6.45) is 3.98. The zero-order valence-corrected chi connectivity index (χ0v) is 16.2. The molecule has 144 valence electrons. The van der Waals surface area contributed by atoms with Gasteiger partial charge in [0.05, 0.1) is 6.04 Å². The second-order valence-corrected chi connectivity index (χ2v) is 7.81. The van der Waals surface area contributed by atoms with Crippen molar-refractivity contribution < 1.29 is 9.53 Å². The van der Waals surface area contributed by atoms with E-state index in [1.54, 1.807) is 0 Å². The Labute approximate surface area is 157 Å². The van der Waals surface area contributed by atoms with Gasteiger partial charge in [0.1, 0.15) is 12.4 Å². The average Bonchev–Trinajstić information content (AvgIpc) is 2.64. The molecule has 2 fully saturated rings. The van der Waals surface area contributed by atoms with Crippen molar-refractivity contribution in [2.75, 3.05) is 39.3 Å². The Balaban J connectivity index is 1.60. The van der Waals surface area contributed by atoms with Crippen molar-refractivity contribution in [3.63, 3.8) is 0 Å². The molecule has 0 saturated carbocycles. The number of para-hydroxylation sites is 1. The molecule has 0 aromatic heterocycles. The summed E-state index contributed by atoms with van der Waals surface area (Å²) >= 11 is 0. The lowest BCUT2D eigenvalue weighted by Gasteiger charge is -2.37. The molecule has 0 spiro atoms. The standard InChI is InChI=1S/C21H33N3O2/c1-17(2)20-21(25)22-10-13-24(20)16-18-8-4-5-9-19(18)26-15-14-23-11-6-3-7-12-23/h4-5,8-9,17,20H,3,6-7,10-16H2,1-2H3,(H,22,25)/t20-/m0/s1. The molecule has 2 aliphatic heterocycles. The Hall–Kier alpha value is -1.59. The smallest absolute Gasteiger partial charge is 0.237 e. The summed E-state index contributed by atoms with van der Waals surface area (Å²) in [6, 6.07) is 8.20.